The van der Waals surface area contributed by atoms with E-state index in [9.17, 15) is 4.79 Å². The number of carbonyl (C=O) groups is 1. The standard InChI is InChI=1S/C16H17NOS/c1-12-8-11-19-14(12)15(18)17-16(9-5-10-16)13-6-3-2-4-7-13/h2-4,6-8,11H,5,9-10H2,1H3,(H,17,18). The molecule has 0 radical (unpaired) electrons. The van der Waals surface area contributed by atoms with E-state index in [0.29, 0.717) is 0 Å². The molecule has 1 aromatic carbocycles. The molecule has 1 amide bonds. The van der Waals surface area contributed by atoms with Crippen molar-refractivity contribution in [2.45, 2.75) is 31.7 Å². The van der Waals surface area contributed by atoms with Crippen LogP contribution in [0.3, 0.4) is 0 Å². The number of hydrogen-bond acceptors (Lipinski definition) is 2. The van der Waals surface area contributed by atoms with Gasteiger partial charge in [-0.15, -0.1) is 11.3 Å². The molecule has 1 aromatic heterocycles. The molecule has 19 heavy (non-hydrogen) atoms. The molecule has 2 aromatic rings. The topological polar surface area (TPSA) is 29.1 Å². The Bertz CT molecular complexity index is 584. The molecule has 0 aliphatic heterocycles. The minimum atomic E-state index is -0.144. The highest BCUT2D eigenvalue weighted by atomic mass is 32.1. The van der Waals surface area contributed by atoms with Crippen LogP contribution in [0.15, 0.2) is 41.8 Å². The van der Waals surface area contributed by atoms with Gasteiger partial charge in [0.25, 0.3) is 5.91 Å². The summed E-state index contributed by atoms with van der Waals surface area (Å²) in [5.41, 5.74) is 2.14. The van der Waals surface area contributed by atoms with Crippen LogP contribution in [0, 0.1) is 6.92 Å². The van der Waals surface area contributed by atoms with Gasteiger partial charge in [-0.25, -0.2) is 0 Å². The zero-order valence-corrected chi connectivity index (χ0v) is 11.8. The summed E-state index contributed by atoms with van der Waals surface area (Å²) in [6.45, 7) is 1.99. The number of benzene rings is 1. The Kier molecular flexibility index (Phi) is 3.15. The third-order valence-corrected chi connectivity index (χ3v) is 4.97. The average molecular weight is 271 g/mol. The van der Waals surface area contributed by atoms with Crippen molar-refractivity contribution in [3.8, 4) is 0 Å². The van der Waals surface area contributed by atoms with Gasteiger partial charge in [0, 0.05) is 0 Å². The van der Waals surface area contributed by atoms with E-state index in [1.54, 1.807) is 0 Å². The summed E-state index contributed by atoms with van der Waals surface area (Å²) in [7, 11) is 0. The summed E-state index contributed by atoms with van der Waals surface area (Å²) in [6.07, 6.45) is 3.25. The van der Waals surface area contributed by atoms with Crippen molar-refractivity contribution < 1.29 is 4.79 Å². The smallest absolute Gasteiger partial charge is 0.262 e. The molecule has 1 aliphatic carbocycles. The Hall–Kier alpha value is -1.61. The number of thiophene rings is 1. The van der Waals surface area contributed by atoms with Crippen LogP contribution in [0.4, 0.5) is 0 Å². The van der Waals surface area contributed by atoms with Crippen LogP contribution in [-0.4, -0.2) is 5.91 Å². The fourth-order valence-corrected chi connectivity index (χ4v) is 3.47. The summed E-state index contributed by atoms with van der Waals surface area (Å²) in [5, 5.41) is 5.23. The minimum absolute atomic E-state index is 0.0658. The summed E-state index contributed by atoms with van der Waals surface area (Å²) in [5.74, 6) is 0.0658. The predicted octanol–water partition coefficient (Wildman–Crippen LogP) is 3.87. The first-order valence-corrected chi connectivity index (χ1v) is 7.51. The number of carbonyl (C=O) groups excluding carboxylic acids is 1. The Labute approximate surface area is 117 Å². The SMILES string of the molecule is Cc1ccsc1C(=O)NC1(c2ccccc2)CCC1. The van der Waals surface area contributed by atoms with Crippen molar-refractivity contribution in [2.75, 3.05) is 0 Å². The van der Waals surface area contributed by atoms with Crippen molar-refractivity contribution in [3.63, 3.8) is 0 Å². The molecular weight excluding hydrogens is 254 g/mol. The van der Waals surface area contributed by atoms with Crippen LogP contribution in [0.25, 0.3) is 0 Å². The Morgan fingerprint density at radius 2 is 1.95 bits per heavy atom. The molecule has 2 nitrogen and oxygen atoms in total. The Morgan fingerprint density at radius 1 is 1.21 bits per heavy atom. The maximum atomic E-state index is 12.4. The van der Waals surface area contributed by atoms with Gasteiger partial charge in [-0.1, -0.05) is 30.3 Å². The van der Waals surface area contributed by atoms with Gasteiger partial charge in [0.05, 0.1) is 10.4 Å². The molecule has 0 spiro atoms. The first-order valence-electron chi connectivity index (χ1n) is 6.63. The second-order valence-corrected chi connectivity index (χ2v) is 6.10. The van der Waals surface area contributed by atoms with E-state index in [-0.39, 0.29) is 11.4 Å². The van der Waals surface area contributed by atoms with Gasteiger partial charge in [0.2, 0.25) is 0 Å². The molecule has 0 bridgehead atoms. The monoisotopic (exact) mass is 271 g/mol. The van der Waals surface area contributed by atoms with Crippen LogP contribution in [0.5, 0.6) is 0 Å². The number of nitrogens with one attached hydrogen (secondary N) is 1. The van der Waals surface area contributed by atoms with Crippen LogP contribution in [-0.2, 0) is 5.54 Å². The molecule has 0 saturated heterocycles. The molecule has 1 fully saturated rings. The van der Waals surface area contributed by atoms with Gasteiger partial charge in [-0.05, 0) is 48.8 Å². The van der Waals surface area contributed by atoms with Gasteiger partial charge in [-0.3, -0.25) is 4.79 Å². The van der Waals surface area contributed by atoms with Crippen LogP contribution in [0.1, 0.15) is 40.1 Å². The average Bonchev–Trinajstić information content (AvgIpc) is 2.81. The lowest BCUT2D eigenvalue weighted by molar-refractivity contribution is 0.0827. The third kappa shape index (κ3) is 2.19. The highest BCUT2D eigenvalue weighted by Crippen LogP contribution is 2.41. The van der Waals surface area contributed by atoms with E-state index < -0.39 is 0 Å². The van der Waals surface area contributed by atoms with Crippen molar-refractivity contribution >= 4 is 17.2 Å². The third-order valence-electron chi connectivity index (χ3n) is 3.95. The predicted molar refractivity (Wildman–Crippen MR) is 78.5 cm³/mol. The fourth-order valence-electron chi connectivity index (χ4n) is 2.65. The van der Waals surface area contributed by atoms with E-state index >= 15 is 0 Å². The largest absolute Gasteiger partial charge is 0.342 e. The zero-order chi connectivity index (χ0) is 13.3. The number of amides is 1. The lowest BCUT2D eigenvalue weighted by Gasteiger charge is -2.43. The van der Waals surface area contributed by atoms with E-state index in [0.717, 1.165) is 23.3 Å². The molecule has 0 atom stereocenters. The van der Waals surface area contributed by atoms with Crippen LogP contribution in [0.2, 0.25) is 0 Å². The van der Waals surface area contributed by atoms with Crippen LogP contribution < -0.4 is 5.32 Å². The Balaban J connectivity index is 1.85. The maximum Gasteiger partial charge on any atom is 0.262 e. The lowest BCUT2D eigenvalue weighted by atomic mass is 9.71. The number of hydrogen-bond donors (Lipinski definition) is 1. The molecule has 98 valence electrons. The van der Waals surface area contributed by atoms with Gasteiger partial charge in [0.15, 0.2) is 0 Å². The van der Waals surface area contributed by atoms with Gasteiger partial charge >= 0.3 is 0 Å². The maximum absolute atomic E-state index is 12.4. The molecule has 3 rings (SSSR count). The number of rotatable bonds is 3. The zero-order valence-electron chi connectivity index (χ0n) is 11.0. The summed E-state index contributed by atoms with van der Waals surface area (Å²) >= 11 is 1.52. The van der Waals surface area contributed by atoms with Gasteiger partial charge < -0.3 is 5.32 Å². The van der Waals surface area contributed by atoms with Crippen molar-refractivity contribution in [1.82, 2.24) is 5.32 Å². The van der Waals surface area contributed by atoms with Gasteiger partial charge in [-0.2, -0.15) is 0 Å². The number of aryl methyl sites for hydroxylation is 1. The Morgan fingerprint density at radius 3 is 2.47 bits per heavy atom. The van der Waals surface area contributed by atoms with E-state index in [1.165, 1.54) is 23.3 Å². The highest BCUT2D eigenvalue weighted by Gasteiger charge is 2.40. The second kappa shape index (κ2) is 4.82. The lowest BCUT2D eigenvalue weighted by Crippen LogP contribution is -2.50. The second-order valence-electron chi connectivity index (χ2n) is 5.19. The molecule has 0 unspecified atom stereocenters. The van der Waals surface area contributed by atoms with Crippen molar-refractivity contribution in [2.24, 2.45) is 0 Å². The molecule has 1 saturated carbocycles. The summed E-state index contributed by atoms with van der Waals surface area (Å²) in [6, 6.07) is 12.3. The molecular formula is C16H17NOS. The van der Waals surface area contributed by atoms with E-state index in [1.807, 2.05) is 36.6 Å². The highest BCUT2D eigenvalue weighted by molar-refractivity contribution is 7.12. The van der Waals surface area contributed by atoms with Crippen LogP contribution >= 0.6 is 11.3 Å². The quantitative estimate of drug-likeness (QED) is 0.902. The van der Waals surface area contributed by atoms with Crippen molar-refractivity contribution in [1.29, 1.82) is 0 Å². The fraction of sp³-hybridized carbons (Fsp3) is 0.312. The summed E-state index contributed by atoms with van der Waals surface area (Å²) in [4.78, 5) is 13.2. The molecule has 1 N–H and O–H groups in total. The molecule has 1 heterocycles. The van der Waals surface area contributed by atoms with Crippen molar-refractivity contribution in [3.05, 3.63) is 57.8 Å². The molecule has 1 aliphatic rings. The summed E-state index contributed by atoms with van der Waals surface area (Å²) < 4.78 is 0. The van der Waals surface area contributed by atoms with E-state index in [2.05, 4.69) is 17.4 Å². The van der Waals surface area contributed by atoms with Gasteiger partial charge in [0.1, 0.15) is 0 Å². The minimum Gasteiger partial charge on any atom is -0.342 e. The normalized spacial score (nSPS) is 16.7. The first-order chi connectivity index (χ1) is 9.21. The molecule has 3 heteroatoms. The first kappa shape index (κ1) is 12.4. The van der Waals surface area contributed by atoms with E-state index in [4.69, 9.17) is 0 Å².